The van der Waals surface area contributed by atoms with E-state index in [-0.39, 0.29) is 6.61 Å². The molecule has 0 aliphatic heterocycles. The molecule has 0 spiro atoms. The van der Waals surface area contributed by atoms with Gasteiger partial charge in [0.1, 0.15) is 6.26 Å². The number of nitrogens with zero attached hydrogens (tertiary/aromatic N) is 1. The lowest BCUT2D eigenvalue weighted by Crippen LogP contribution is -2.00. The number of rotatable bonds is 6. The molecule has 0 saturated carbocycles. The van der Waals surface area contributed by atoms with E-state index in [0.717, 1.165) is 16.7 Å². The largest absolute Gasteiger partial charge is 0.444 e. The fourth-order valence-corrected chi connectivity index (χ4v) is 3.36. The first kappa shape index (κ1) is 15.6. The van der Waals surface area contributed by atoms with Gasteiger partial charge in [-0.15, -0.1) is 0 Å². The molecule has 0 bridgehead atoms. The standard InChI is InChI=1S/C18H17NO3S/c20-10-14-6-8-15(9-7-14)12-23(21)13-17-11-22-18(19-17)16-4-2-1-3-5-16/h1-9,11,20H,10,12-13H2. The van der Waals surface area contributed by atoms with Crippen LogP contribution in [-0.4, -0.2) is 14.3 Å². The van der Waals surface area contributed by atoms with E-state index in [1.54, 1.807) is 6.26 Å². The Labute approximate surface area is 137 Å². The van der Waals surface area contributed by atoms with Gasteiger partial charge in [-0.05, 0) is 23.3 Å². The van der Waals surface area contributed by atoms with E-state index in [1.807, 2.05) is 54.6 Å². The van der Waals surface area contributed by atoms with Gasteiger partial charge in [0.25, 0.3) is 0 Å². The van der Waals surface area contributed by atoms with Crippen LogP contribution in [0, 0.1) is 0 Å². The van der Waals surface area contributed by atoms with E-state index in [0.29, 0.717) is 23.1 Å². The van der Waals surface area contributed by atoms with Crippen molar-refractivity contribution in [3.8, 4) is 11.5 Å². The highest BCUT2D eigenvalue weighted by atomic mass is 32.2. The third-order valence-corrected chi connectivity index (χ3v) is 4.69. The fraction of sp³-hybridized carbons (Fsp3) is 0.167. The molecule has 0 fully saturated rings. The Morgan fingerprint density at radius 3 is 2.35 bits per heavy atom. The second-order valence-electron chi connectivity index (χ2n) is 5.21. The van der Waals surface area contributed by atoms with Gasteiger partial charge in [-0.1, -0.05) is 42.5 Å². The van der Waals surface area contributed by atoms with E-state index in [2.05, 4.69) is 4.98 Å². The number of aromatic nitrogens is 1. The van der Waals surface area contributed by atoms with Gasteiger partial charge in [0.15, 0.2) is 0 Å². The van der Waals surface area contributed by atoms with Gasteiger partial charge in [0, 0.05) is 22.1 Å². The van der Waals surface area contributed by atoms with Crippen molar-refractivity contribution < 1.29 is 13.7 Å². The average molecular weight is 327 g/mol. The fourth-order valence-electron chi connectivity index (χ4n) is 2.23. The van der Waals surface area contributed by atoms with Crippen LogP contribution in [0.3, 0.4) is 0 Å². The summed E-state index contributed by atoms with van der Waals surface area (Å²) >= 11 is 0. The molecule has 1 unspecified atom stereocenters. The quantitative estimate of drug-likeness (QED) is 0.754. The molecule has 4 nitrogen and oxygen atoms in total. The second kappa shape index (κ2) is 7.35. The van der Waals surface area contributed by atoms with E-state index < -0.39 is 10.8 Å². The highest BCUT2D eigenvalue weighted by Crippen LogP contribution is 2.19. The Hall–Kier alpha value is -2.24. The number of hydrogen-bond donors (Lipinski definition) is 1. The van der Waals surface area contributed by atoms with Crippen LogP contribution >= 0.6 is 0 Å². The maximum atomic E-state index is 12.3. The van der Waals surface area contributed by atoms with Crippen LogP contribution in [0.1, 0.15) is 16.8 Å². The minimum absolute atomic E-state index is 0.0184. The molecular formula is C18H17NO3S. The summed E-state index contributed by atoms with van der Waals surface area (Å²) < 4.78 is 17.7. The van der Waals surface area contributed by atoms with Gasteiger partial charge in [-0.3, -0.25) is 4.21 Å². The molecule has 118 valence electrons. The first-order chi connectivity index (χ1) is 11.2. The average Bonchev–Trinajstić information content (AvgIpc) is 3.04. The van der Waals surface area contributed by atoms with Crippen LogP contribution in [-0.2, 0) is 28.9 Å². The van der Waals surface area contributed by atoms with Crippen molar-refractivity contribution in [2.24, 2.45) is 0 Å². The van der Waals surface area contributed by atoms with Crippen LogP contribution in [0.15, 0.2) is 65.3 Å². The summed E-state index contributed by atoms with van der Waals surface area (Å²) in [6, 6.07) is 17.1. The lowest BCUT2D eigenvalue weighted by Gasteiger charge is -2.02. The third-order valence-electron chi connectivity index (χ3n) is 3.41. The van der Waals surface area contributed by atoms with Gasteiger partial charge < -0.3 is 9.52 Å². The van der Waals surface area contributed by atoms with Crippen LogP contribution in [0.25, 0.3) is 11.5 Å². The number of aliphatic hydroxyl groups is 1. The predicted molar refractivity (Wildman–Crippen MR) is 89.9 cm³/mol. The minimum atomic E-state index is -1.06. The van der Waals surface area contributed by atoms with E-state index >= 15 is 0 Å². The molecule has 1 N–H and O–H groups in total. The molecule has 0 saturated heterocycles. The predicted octanol–water partition coefficient (Wildman–Crippen LogP) is 3.28. The van der Waals surface area contributed by atoms with Crippen molar-refractivity contribution in [1.29, 1.82) is 0 Å². The van der Waals surface area contributed by atoms with Gasteiger partial charge in [-0.25, -0.2) is 4.98 Å². The Kier molecular flexibility index (Phi) is 5.00. The van der Waals surface area contributed by atoms with Crippen molar-refractivity contribution in [3.05, 3.63) is 77.7 Å². The summed E-state index contributed by atoms with van der Waals surface area (Å²) in [7, 11) is -1.06. The SMILES string of the molecule is O=S(Cc1ccc(CO)cc1)Cc1coc(-c2ccccc2)n1. The maximum absolute atomic E-state index is 12.3. The van der Waals surface area contributed by atoms with Crippen molar-refractivity contribution in [3.63, 3.8) is 0 Å². The van der Waals surface area contributed by atoms with Crippen LogP contribution in [0.2, 0.25) is 0 Å². The molecule has 0 amide bonds. The molecule has 1 heterocycles. The summed E-state index contributed by atoms with van der Waals surface area (Å²) in [4.78, 5) is 4.40. The van der Waals surface area contributed by atoms with E-state index in [1.165, 1.54) is 0 Å². The molecule has 23 heavy (non-hydrogen) atoms. The second-order valence-corrected chi connectivity index (χ2v) is 6.67. The van der Waals surface area contributed by atoms with Crippen LogP contribution < -0.4 is 0 Å². The van der Waals surface area contributed by atoms with Crippen molar-refractivity contribution in [1.82, 2.24) is 4.98 Å². The van der Waals surface area contributed by atoms with Crippen molar-refractivity contribution in [2.75, 3.05) is 0 Å². The monoisotopic (exact) mass is 327 g/mol. The zero-order valence-electron chi connectivity index (χ0n) is 12.5. The van der Waals surface area contributed by atoms with Crippen molar-refractivity contribution in [2.45, 2.75) is 18.1 Å². The molecule has 0 aliphatic rings. The van der Waals surface area contributed by atoms with Crippen LogP contribution in [0.5, 0.6) is 0 Å². The summed E-state index contributed by atoms with van der Waals surface area (Å²) in [6.45, 7) is 0.0184. The zero-order valence-corrected chi connectivity index (χ0v) is 13.3. The van der Waals surface area contributed by atoms with Crippen molar-refractivity contribution >= 4 is 10.8 Å². The number of oxazole rings is 1. The molecule has 3 rings (SSSR count). The molecule has 1 atom stereocenters. The normalized spacial score (nSPS) is 12.2. The van der Waals surface area contributed by atoms with Gasteiger partial charge in [0.2, 0.25) is 5.89 Å². The third kappa shape index (κ3) is 4.15. The number of aliphatic hydroxyl groups excluding tert-OH is 1. The number of benzene rings is 2. The summed E-state index contributed by atoms with van der Waals surface area (Å²) in [6.07, 6.45) is 1.56. The Morgan fingerprint density at radius 2 is 1.65 bits per heavy atom. The highest BCUT2D eigenvalue weighted by molar-refractivity contribution is 7.83. The smallest absolute Gasteiger partial charge is 0.226 e. The Balaban J connectivity index is 1.63. The molecule has 2 aromatic carbocycles. The number of hydrogen-bond acceptors (Lipinski definition) is 4. The molecule has 5 heteroatoms. The topological polar surface area (TPSA) is 63.3 Å². The zero-order chi connectivity index (χ0) is 16.1. The molecule has 0 radical (unpaired) electrons. The first-order valence-corrected chi connectivity index (χ1v) is 8.77. The van der Waals surface area contributed by atoms with E-state index in [4.69, 9.17) is 9.52 Å². The lowest BCUT2D eigenvalue weighted by molar-refractivity contribution is 0.282. The van der Waals surface area contributed by atoms with Gasteiger partial charge in [-0.2, -0.15) is 0 Å². The molecule has 3 aromatic rings. The maximum Gasteiger partial charge on any atom is 0.226 e. The Bertz CT molecular complexity index is 782. The van der Waals surface area contributed by atoms with Gasteiger partial charge >= 0.3 is 0 Å². The minimum Gasteiger partial charge on any atom is -0.444 e. The van der Waals surface area contributed by atoms with Crippen LogP contribution in [0.4, 0.5) is 0 Å². The lowest BCUT2D eigenvalue weighted by atomic mass is 10.2. The highest BCUT2D eigenvalue weighted by Gasteiger charge is 2.10. The molecule has 1 aromatic heterocycles. The Morgan fingerprint density at radius 1 is 0.957 bits per heavy atom. The molecule has 0 aliphatic carbocycles. The van der Waals surface area contributed by atoms with Gasteiger partial charge in [0.05, 0.1) is 18.1 Å². The van der Waals surface area contributed by atoms with E-state index in [9.17, 15) is 4.21 Å². The summed E-state index contributed by atoms with van der Waals surface area (Å²) in [5.74, 6) is 1.36. The summed E-state index contributed by atoms with van der Waals surface area (Å²) in [5.41, 5.74) is 3.43. The molecular weight excluding hydrogens is 310 g/mol. The first-order valence-electron chi connectivity index (χ1n) is 7.28. The summed E-state index contributed by atoms with van der Waals surface area (Å²) in [5, 5.41) is 9.02.